The van der Waals surface area contributed by atoms with Crippen LogP contribution < -0.4 is 0 Å². The summed E-state index contributed by atoms with van der Waals surface area (Å²) in [5.74, 6) is -0.948. The van der Waals surface area contributed by atoms with Crippen molar-refractivity contribution in [2.75, 3.05) is 6.61 Å². The van der Waals surface area contributed by atoms with E-state index in [1.165, 1.54) is 38.5 Å². The predicted molar refractivity (Wildman–Crippen MR) is 80.4 cm³/mol. The minimum atomic E-state index is -4.32. The third-order valence-corrected chi connectivity index (χ3v) is 3.65. The first-order chi connectivity index (χ1) is 10.0. The molecule has 0 bridgehead atoms. The molecule has 7 heteroatoms. The molecule has 0 amide bonds. The van der Waals surface area contributed by atoms with Gasteiger partial charge in [0.15, 0.2) is 0 Å². The van der Waals surface area contributed by atoms with Gasteiger partial charge < -0.3 is 4.89 Å². The Labute approximate surface area is 127 Å². The summed E-state index contributed by atoms with van der Waals surface area (Å²) in [6, 6.07) is 0. The average molecular weight is 322 g/mol. The Hall–Kier alpha value is -0.680. The number of unbranched alkanes of at least 4 members (excludes halogenated alkanes) is 8. The van der Waals surface area contributed by atoms with Gasteiger partial charge in [-0.15, -0.1) is 0 Å². The molecule has 1 unspecified atom stereocenters. The molecule has 124 valence electrons. The van der Waals surface area contributed by atoms with Crippen molar-refractivity contribution in [3.63, 3.8) is 0 Å². The number of carbonyl (C=O) groups is 1. The van der Waals surface area contributed by atoms with E-state index in [0.29, 0.717) is 6.42 Å². The molecule has 21 heavy (non-hydrogen) atoms. The highest BCUT2D eigenvalue weighted by Crippen LogP contribution is 2.43. The van der Waals surface area contributed by atoms with Crippen LogP contribution in [0.3, 0.4) is 0 Å². The molecule has 0 aliphatic carbocycles. The molecule has 0 aromatic carbocycles. The molecular weight excluding hydrogens is 295 g/mol. The van der Waals surface area contributed by atoms with Gasteiger partial charge in [-0.3, -0.25) is 9.41 Å². The van der Waals surface area contributed by atoms with E-state index in [4.69, 9.17) is 0 Å². The van der Waals surface area contributed by atoms with Gasteiger partial charge in [-0.05, 0) is 6.42 Å². The van der Waals surface area contributed by atoms with Crippen molar-refractivity contribution in [1.82, 2.24) is 0 Å². The smallest absolute Gasteiger partial charge is 0.300 e. The first-order valence-corrected chi connectivity index (χ1v) is 9.01. The minimum Gasteiger partial charge on any atom is -0.300 e. The summed E-state index contributed by atoms with van der Waals surface area (Å²) in [7, 11) is -4.32. The maximum absolute atomic E-state index is 11.3. The van der Waals surface area contributed by atoms with Crippen molar-refractivity contribution in [2.45, 2.75) is 64.7 Å². The zero-order valence-electron chi connectivity index (χ0n) is 12.8. The van der Waals surface area contributed by atoms with Crippen LogP contribution in [0, 0.1) is 0 Å². The molecule has 0 aliphatic rings. The zero-order chi connectivity index (χ0) is 16.0. The van der Waals surface area contributed by atoms with Crippen molar-refractivity contribution >= 4 is 13.8 Å². The fourth-order valence-electron chi connectivity index (χ4n) is 1.73. The van der Waals surface area contributed by atoms with Gasteiger partial charge in [0.1, 0.15) is 0 Å². The summed E-state index contributed by atoms with van der Waals surface area (Å²) >= 11 is 0. The van der Waals surface area contributed by atoms with Gasteiger partial charge in [0.05, 0.1) is 6.61 Å². The van der Waals surface area contributed by atoms with Gasteiger partial charge in [0, 0.05) is 6.08 Å². The summed E-state index contributed by atoms with van der Waals surface area (Å²) in [4.78, 5) is 23.8. The van der Waals surface area contributed by atoms with E-state index in [1.54, 1.807) is 0 Å². The van der Waals surface area contributed by atoms with Crippen LogP contribution in [0.25, 0.3) is 0 Å². The molecular formula is C14H27O6P. The Balaban J connectivity index is 3.42. The molecule has 0 aliphatic heterocycles. The van der Waals surface area contributed by atoms with Crippen molar-refractivity contribution in [1.29, 1.82) is 0 Å². The van der Waals surface area contributed by atoms with E-state index in [1.807, 2.05) is 0 Å². The first kappa shape index (κ1) is 20.3. The Bertz CT molecular complexity index is 331. The van der Waals surface area contributed by atoms with Crippen LogP contribution in [0.2, 0.25) is 0 Å². The summed E-state index contributed by atoms with van der Waals surface area (Å²) in [6.45, 7) is 5.41. The van der Waals surface area contributed by atoms with E-state index in [0.717, 1.165) is 18.9 Å². The van der Waals surface area contributed by atoms with Crippen LogP contribution in [-0.4, -0.2) is 17.5 Å². The highest BCUT2D eigenvalue weighted by atomic mass is 31.2. The van der Waals surface area contributed by atoms with Gasteiger partial charge in [-0.2, -0.15) is 0 Å². The maximum Gasteiger partial charge on any atom is 0.508 e. The van der Waals surface area contributed by atoms with E-state index in [2.05, 4.69) is 27.6 Å². The van der Waals surface area contributed by atoms with Crippen LogP contribution in [0.4, 0.5) is 0 Å². The Morgan fingerprint density at radius 1 is 1.10 bits per heavy atom. The third-order valence-electron chi connectivity index (χ3n) is 2.88. The Kier molecular flexibility index (Phi) is 12.6. The molecule has 0 spiro atoms. The summed E-state index contributed by atoms with van der Waals surface area (Å²) in [6.07, 6.45) is 11.0. The molecule has 0 fully saturated rings. The summed E-state index contributed by atoms with van der Waals surface area (Å²) in [5, 5.41) is 0. The average Bonchev–Trinajstić information content (AvgIpc) is 2.46. The largest absolute Gasteiger partial charge is 0.508 e. The first-order valence-electron chi connectivity index (χ1n) is 7.52. The molecule has 0 aromatic rings. The second-order valence-electron chi connectivity index (χ2n) is 4.81. The van der Waals surface area contributed by atoms with Crippen molar-refractivity contribution in [3.05, 3.63) is 12.7 Å². The standard InChI is InChI=1S/C14H27O6P/c1-3-5-6-7-8-9-10-11-12-13-18-21(16,17)20-19-14(15)4-2/h4H,2-3,5-13H2,1H3,(H,16,17). The SMILES string of the molecule is C=CC(=O)OOP(=O)(O)OCCCCCCCCCCC. The van der Waals surface area contributed by atoms with Gasteiger partial charge >= 0.3 is 13.8 Å². The van der Waals surface area contributed by atoms with Gasteiger partial charge in [-0.1, -0.05) is 69.5 Å². The van der Waals surface area contributed by atoms with Gasteiger partial charge in [0.2, 0.25) is 0 Å². The Morgan fingerprint density at radius 3 is 2.14 bits per heavy atom. The van der Waals surface area contributed by atoms with Crippen LogP contribution in [0.5, 0.6) is 0 Å². The highest BCUT2D eigenvalue weighted by Gasteiger charge is 2.24. The van der Waals surface area contributed by atoms with Crippen LogP contribution in [0.1, 0.15) is 64.7 Å². The second-order valence-corrected chi connectivity index (χ2v) is 6.16. The van der Waals surface area contributed by atoms with Crippen LogP contribution >= 0.6 is 7.82 Å². The number of hydrogen-bond donors (Lipinski definition) is 1. The van der Waals surface area contributed by atoms with Crippen molar-refractivity contribution in [3.8, 4) is 0 Å². The predicted octanol–water partition coefficient (Wildman–Crippen LogP) is 4.30. The minimum absolute atomic E-state index is 0.0925. The maximum atomic E-state index is 11.3. The van der Waals surface area contributed by atoms with Gasteiger partial charge in [-0.25, -0.2) is 9.36 Å². The van der Waals surface area contributed by atoms with E-state index >= 15 is 0 Å². The molecule has 0 saturated heterocycles. The molecule has 1 N–H and O–H groups in total. The third kappa shape index (κ3) is 14.0. The lowest BCUT2D eigenvalue weighted by atomic mass is 10.1. The monoisotopic (exact) mass is 322 g/mol. The zero-order valence-corrected chi connectivity index (χ0v) is 13.7. The number of phosphoric ester groups is 1. The quantitative estimate of drug-likeness (QED) is 0.169. The van der Waals surface area contributed by atoms with E-state index < -0.39 is 13.8 Å². The second kappa shape index (κ2) is 13.0. The van der Waals surface area contributed by atoms with Crippen LogP contribution in [0.15, 0.2) is 12.7 Å². The number of rotatable bonds is 14. The number of hydrogen-bond acceptors (Lipinski definition) is 5. The molecule has 0 aromatic heterocycles. The lowest BCUT2D eigenvalue weighted by Crippen LogP contribution is -2.03. The number of carbonyl (C=O) groups excluding carboxylic acids is 1. The lowest BCUT2D eigenvalue weighted by Gasteiger charge is -2.09. The van der Waals surface area contributed by atoms with Gasteiger partial charge in [0.25, 0.3) is 0 Å². The Morgan fingerprint density at radius 2 is 1.62 bits per heavy atom. The molecule has 0 heterocycles. The normalized spacial score (nSPS) is 13.6. The van der Waals surface area contributed by atoms with Crippen LogP contribution in [-0.2, 0) is 23.4 Å². The number of phosphoric acid groups is 1. The molecule has 1 atom stereocenters. The molecule has 0 saturated carbocycles. The highest BCUT2D eigenvalue weighted by molar-refractivity contribution is 7.47. The molecule has 0 rings (SSSR count). The summed E-state index contributed by atoms with van der Waals surface area (Å²) in [5.41, 5.74) is 0. The van der Waals surface area contributed by atoms with E-state index in [9.17, 15) is 14.3 Å². The van der Waals surface area contributed by atoms with E-state index in [-0.39, 0.29) is 6.61 Å². The lowest BCUT2D eigenvalue weighted by molar-refractivity contribution is -0.217. The summed E-state index contributed by atoms with van der Waals surface area (Å²) < 4.78 is 20.0. The fraction of sp³-hybridized carbons (Fsp3) is 0.786. The van der Waals surface area contributed by atoms with Crippen molar-refractivity contribution < 1.29 is 28.3 Å². The fourth-order valence-corrected chi connectivity index (χ4v) is 2.30. The topological polar surface area (TPSA) is 82.1 Å². The molecule has 6 nitrogen and oxygen atoms in total. The van der Waals surface area contributed by atoms with Crippen molar-refractivity contribution in [2.24, 2.45) is 0 Å². The molecule has 0 radical (unpaired) electrons.